The van der Waals surface area contributed by atoms with Crippen molar-refractivity contribution in [3.63, 3.8) is 0 Å². The van der Waals surface area contributed by atoms with Gasteiger partial charge in [0.2, 0.25) is 5.95 Å². The lowest BCUT2D eigenvalue weighted by Gasteiger charge is -1.97. The van der Waals surface area contributed by atoms with Crippen molar-refractivity contribution in [3.8, 4) is 0 Å². The lowest BCUT2D eigenvalue weighted by atomic mass is 10.3. The quantitative estimate of drug-likeness (QED) is 0.584. The van der Waals surface area contributed by atoms with Gasteiger partial charge in [-0.15, -0.1) is 11.8 Å². The number of benzene rings is 1. The number of thioether (sulfide) groups is 1. The van der Waals surface area contributed by atoms with Crippen molar-refractivity contribution in [1.82, 2.24) is 9.97 Å². The van der Waals surface area contributed by atoms with Crippen LogP contribution >= 0.6 is 11.8 Å². The van der Waals surface area contributed by atoms with Crippen LogP contribution in [-0.4, -0.2) is 26.9 Å². The Balaban J connectivity index is 2.19. The Kier molecular flexibility index (Phi) is 3.88. The summed E-state index contributed by atoms with van der Waals surface area (Å²) in [5, 5.41) is 10.8. The van der Waals surface area contributed by atoms with E-state index in [0.29, 0.717) is 0 Å². The van der Waals surface area contributed by atoms with Crippen molar-refractivity contribution in [3.05, 3.63) is 30.4 Å². The van der Waals surface area contributed by atoms with Crippen molar-refractivity contribution >= 4 is 34.8 Å². The van der Waals surface area contributed by atoms with Crippen LogP contribution in [0.5, 0.6) is 0 Å². The Bertz CT molecular complexity index is 592. The molecule has 1 aromatic carbocycles. The Labute approximate surface area is 108 Å². The number of amides is 1. The molecule has 1 amide bonds. The molecule has 0 spiro atoms. The van der Waals surface area contributed by atoms with E-state index in [1.807, 2.05) is 31.2 Å². The Hall–Kier alpha value is -1.95. The summed E-state index contributed by atoms with van der Waals surface area (Å²) in [6, 6.07) is 5.81. The zero-order chi connectivity index (χ0) is 13.0. The molecule has 0 bridgehead atoms. The van der Waals surface area contributed by atoms with Gasteiger partial charge in [0.05, 0.1) is 11.0 Å². The highest BCUT2D eigenvalue weighted by molar-refractivity contribution is 7.99. The predicted molar refractivity (Wildman–Crippen MR) is 73.3 cm³/mol. The summed E-state index contributed by atoms with van der Waals surface area (Å²) in [5.74, 6) is 1.16. The van der Waals surface area contributed by atoms with E-state index in [4.69, 9.17) is 5.11 Å². The van der Waals surface area contributed by atoms with Gasteiger partial charge in [0.1, 0.15) is 0 Å². The number of hydrogen-bond acceptors (Lipinski definition) is 3. The number of allylic oxidation sites excluding steroid dienone is 1. The minimum Gasteiger partial charge on any atom is -0.465 e. The van der Waals surface area contributed by atoms with E-state index in [1.54, 1.807) is 11.8 Å². The van der Waals surface area contributed by atoms with Crippen LogP contribution in [0.1, 0.15) is 6.92 Å². The molecule has 94 valence electrons. The smallest absolute Gasteiger partial charge is 0.411 e. The molecular formula is C12H13N3O2S. The molecule has 0 saturated carbocycles. The molecule has 0 saturated heterocycles. The van der Waals surface area contributed by atoms with E-state index in [1.165, 1.54) is 0 Å². The number of aromatic amines is 1. The summed E-state index contributed by atoms with van der Waals surface area (Å²) < 4.78 is 0. The number of nitrogens with one attached hydrogen (secondary N) is 2. The molecule has 0 aliphatic carbocycles. The van der Waals surface area contributed by atoms with Gasteiger partial charge >= 0.3 is 6.09 Å². The molecule has 0 aliphatic rings. The Morgan fingerprint density at radius 2 is 2.44 bits per heavy atom. The summed E-state index contributed by atoms with van der Waals surface area (Å²) >= 11 is 1.71. The summed E-state index contributed by atoms with van der Waals surface area (Å²) in [6.07, 6.45) is 2.97. The Morgan fingerprint density at radius 3 is 3.17 bits per heavy atom. The van der Waals surface area contributed by atoms with E-state index < -0.39 is 6.09 Å². The van der Waals surface area contributed by atoms with Gasteiger partial charge < -0.3 is 10.1 Å². The molecule has 0 unspecified atom stereocenters. The second-order valence-electron chi connectivity index (χ2n) is 3.57. The molecule has 2 aromatic rings. The van der Waals surface area contributed by atoms with Crippen LogP contribution in [-0.2, 0) is 0 Å². The maximum Gasteiger partial charge on any atom is 0.411 e. The molecule has 0 fully saturated rings. The standard InChI is InChI=1S/C12H13N3O2S/c1-2-3-6-18-8-4-5-9-10(7-8)14-11(13-9)15-12(16)17/h2-5,7H,6H2,1H3,(H,16,17)(H2,13,14,15)/b3-2+. The molecule has 0 atom stereocenters. The predicted octanol–water partition coefficient (Wildman–Crippen LogP) is 3.32. The first kappa shape index (κ1) is 12.5. The number of carbonyl (C=O) groups is 1. The maximum absolute atomic E-state index is 10.5. The summed E-state index contributed by atoms with van der Waals surface area (Å²) in [6.45, 7) is 1.99. The van der Waals surface area contributed by atoms with Crippen LogP contribution in [0.15, 0.2) is 35.2 Å². The van der Waals surface area contributed by atoms with Gasteiger partial charge in [0.25, 0.3) is 0 Å². The third-order valence-corrected chi connectivity index (χ3v) is 3.21. The third-order valence-electron chi connectivity index (χ3n) is 2.26. The van der Waals surface area contributed by atoms with Crippen molar-refractivity contribution in [2.45, 2.75) is 11.8 Å². The number of imidazole rings is 1. The molecule has 1 aromatic heterocycles. The van der Waals surface area contributed by atoms with Crippen molar-refractivity contribution in [1.29, 1.82) is 0 Å². The number of fused-ring (bicyclic) bond motifs is 1. The van der Waals surface area contributed by atoms with Gasteiger partial charge in [-0.1, -0.05) is 12.2 Å². The first-order valence-electron chi connectivity index (χ1n) is 5.42. The fourth-order valence-corrected chi connectivity index (χ4v) is 2.33. The van der Waals surface area contributed by atoms with Crippen LogP contribution in [0, 0.1) is 0 Å². The molecule has 1 heterocycles. The number of hydrogen-bond donors (Lipinski definition) is 3. The molecule has 0 aliphatic heterocycles. The number of aromatic nitrogens is 2. The Morgan fingerprint density at radius 1 is 1.61 bits per heavy atom. The average molecular weight is 263 g/mol. The normalized spacial score (nSPS) is 11.2. The third kappa shape index (κ3) is 3.04. The molecule has 0 radical (unpaired) electrons. The zero-order valence-electron chi connectivity index (χ0n) is 9.80. The molecule has 5 nitrogen and oxygen atoms in total. The maximum atomic E-state index is 10.5. The molecule has 3 N–H and O–H groups in total. The van der Waals surface area contributed by atoms with Crippen molar-refractivity contribution in [2.75, 3.05) is 11.1 Å². The van der Waals surface area contributed by atoms with E-state index >= 15 is 0 Å². The van der Waals surface area contributed by atoms with Crippen molar-refractivity contribution < 1.29 is 9.90 Å². The lowest BCUT2D eigenvalue weighted by molar-refractivity contribution is 0.209. The topological polar surface area (TPSA) is 78.0 Å². The van der Waals surface area contributed by atoms with E-state index in [9.17, 15) is 4.79 Å². The largest absolute Gasteiger partial charge is 0.465 e. The van der Waals surface area contributed by atoms with Crippen LogP contribution in [0.2, 0.25) is 0 Å². The lowest BCUT2D eigenvalue weighted by Crippen LogP contribution is -2.08. The second kappa shape index (κ2) is 5.59. The van der Waals surface area contributed by atoms with Gasteiger partial charge in [0, 0.05) is 10.6 Å². The minimum atomic E-state index is -1.13. The van der Waals surface area contributed by atoms with Gasteiger partial charge in [-0.05, 0) is 25.1 Å². The highest BCUT2D eigenvalue weighted by Crippen LogP contribution is 2.23. The molecule has 6 heteroatoms. The van der Waals surface area contributed by atoms with Gasteiger partial charge in [-0.3, -0.25) is 5.32 Å². The average Bonchev–Trinajstić information content (AvgIpc) is 2.69. The molecular weight excluding hydrogens is 250 g/mol. The molecule has 18 heavy (non-hydrogen) atoms. The minimum absolute atomic E-state index is 0.244. The number of H-pyrrole nitrogens is 1. The first-order valence-corrected chi connectivity index (χ1v) is 6.41. The monoisotopic (exact) mass is 263 g/mol. The second-order valence-corrected chi connectivity index (χ2v) is 4.67. The van der Waals surface area contributed by atoms with Gasteiger partial charge in [-0.25, -0.2) is 9.78 Å². The summed E-state index contributed by atoms with van der Waals surface area (Å²) in [5.41, 5.74) is 1.57. The van der Waals surface area contributed by atoms with Gasteiger partial charge in [0.15, 0.2) is 0 Å². The summed E-state index contributed by atoms with van der Waals surface area (Å²) in [7, 11) is 0. The van der Waals surface area contributed by atoms with E-state index in [0.717, 1.165) is 21.7 Å². The van der Waals surface area contributed by atoms with Crippen LogP contribution in [0.4, 0.5) is 10.7 Å². The van der Waals surface area contributed by atoms with E-state index in [-0.39, 0.29) is 5.95 Å². The highest BCUT2D eigenvalue weighted by Gasteiger charge is 2.05. The molecule has 2 rings (SSSR count). The summed E-state index contributed by atoms with van der Waals surface area (Å²) in [4.78, 5) is 18.7. The fourth-order valence-electron chi connectivity index (χ4n) is 1.48. The van der Waals surface area contributed by atoms with Gasteiger partial charge in [-0.2, -0.15) is 0 Å². The van der Waals surface area contributed by atoms with Crippen molar-refractivity contribution in [2.24, 2.45) is 0 Å². The van der Waals surface area contributed by atoms with Crippen LogP contribution < -0.4 is 5.32 Å². The van der Waals surface area contributed by atoms with Crippen LogP contribution in [0.3, 0.4) is 0 Å². The number of anilines is 1. The number of carboxylic acid groups (broad SMARTS) is 1. The number of nitrogens with zero attached hydrogens (tertiary/aromatic N) is 1. The SMILES string of the molecule is C/C=C/CSc1ccc2nc(NC(=O)O)[nH]c2c1. The highest BCUT2D eigenvalue weighted by atomic mass is 32.2. The number of rotatable bonds is 4. The zero-order valence-corrected chi connectivity index (χ0v) is 10.6. The fraction of sp³-hybridized carbons (Fsp3) is 0.167. The van der Waals surface area contributed by atoms with E-state index in [2.05, 4.69) is 21.4 Å². The van der Waals surface area contributed by atoms with Crippen LogP contribution in [0.25, 0.3) is 11.0 Å². The first-order chi connectivity index (χ1) is 8.69.